The standard InChI is InChI=1S/C15H25N3O3S.ClH/c1-18(2)13-5-7-14(8-6-13)22(19,20)17-11-15(12-21-3)9-4-10-16-15;/h5-8,16-17H,4,9-12H2,1-3H3;1H. The van der Waals surface area contributed by atoms with Gasteiger partial charge in [-0.3, -0.25) is 0 Å². The average molecular weight is 364 g/mol. The zero-order valence-electron chi connectivity index (χ0n) is 13.8. The van der Waals surface area contributed by atoms with Crippen LogP contribution in [0.2, 0.25) is 0 Å². The van der Waals surface area contributed by atoms with Gasteiger partial charge >= 0.3 is 0 Å². The van der Waals surface area contributed by atoms with E-state index < -0.39 is 10.0 Å². The molecule has 1 heterocycles. The number of anilines is 1. The number of rotatable bonds is 7. The molecule has 1 aliphatic rings. The molecular weight excluding hydrogens is 338 g/mol. The van der Waals surface area contributed by atoms with E-state index in [4.69, 9.17) is 4.74 Å². The van der Waals surface area contributed by atoms with E-state index >= 15 is 0 Å². The number of hydrogen-bond donors (Lipinski definition) is 2. The summed E-state index contributed by atoms with van der Waals surface area (Å²) < 4.78 is 32.8. The van der Waals surface area contributed by atoms with Crippen LogP contribution in [0.15, 0.2) is 29.2 Å². The van der Waals surface area contributed by atoms with E-state index in [1.54, 1.807) is 31.4 Å². The lowest BCUT2D eigenvalue weighted by Crippen LogP contribution is -2.52. The summed E-state index contributed by atoms with van der Waals surface area (Å²) in [4.78, 5) is 2.21. The molecule has 0 amide bonds. The number of nitrogens with one attached hydrogen (secondary N) is 2. The number of ether oxygens (including phenoxy) is 1. The molecule has 0 bridgehead atoms. The number of sulfonamides is 1. The molecule has 1 atom stereocenters. The van der Waals surface area contributed by atoms with Gasteiger partial charge in [0.25, 0.3) is 0 Å². The maximum absolute atomic E-state index is 12.4. The Labute approximate surface area is 145 Å². The molecule has 132 valence electrons. The lowest BCUT2D eigenvalue weighted by atomic mass is 9.99. The van der Waals surface area contributed by atoms with E-state index in [-0.39, 0.29) is 22.8 Å². The summed E-state index contributed by atoms with van der Waals surface area (Å²) in [5, 5.41) is 3.36. The third-order valence-corrected chi connectivity index (χ3v) is 5.43. The zero-order chi connectivity index (χ0) is 16.2. The van der Waals surface area contributed by atoms with Crippen LogP contribution in [0.3, 0.4) is 0 Å². The summed E-state index contributed by atoms with van der Waals surface area (Å²) in [5.74, 6) is 0. The summed E-state index contributed by atoms with van der Waals surface area (Å²) in [7, 11) is 1.96. The van der Waals surface area contributed by atoms with Crippen molar-refractivity contribution in [2.45, 2.75) is 23.3 Å². The summed E-state index contributed by atoms with van der Waals surface area (Å²) in [6.45, 7) is 1.72. The van der Waals surface area contributed by atoms with Crippen molar-refractivity contribution in [2.75, 3.05) is 45.8 Å². The van der Waals surface area contributed by atoms with Gasteiger partial charge in [-0.2, -0.15) is 0 Å². The predicted molar refractivity (Wildman–Crippen MR) is 95.0 cm³/mol. The maximum Gasteiger partial charge on any atom is 0.240 e. The van der Waals surface area contributed by atoms with Crippen LogP contribution in [0.1, 0.15) is 12.8 Å². The van der Waals surface area contributed by atoms with Gasteiger partial charge in [-0.15, -0.1) is 12.4 Å². The minimum absolute atomic E-state index is 0. The SMILES string of the molecule is COCC1(CNS(=O)(=O)c2ccc(N(C)C)cc2)CCCN1.Cl. The van der Waals surface area contributed by atoms with Gasteiger partial charge in [0, 0.05) is 33.4 Å². The second-order valence-corrected chi connectivity index (χ2v) is 7.72. The predicted octanol–water partition coefficient (Wildman–Crippen LogP) is 1.22. The molecule has 2 N–H and O–H groups in total. The van der Waals surface area contributed by atoms with Crippen molar-refractivity contribution < 1.29 is 13.2 Å². The lowest BCUT2D eigenvalue weighted by Gasteiger charge is -2.28. The van der Waals surface area contributed by atoms with E-state index in [0.29, 0.717) is 13.2 Å². The first-order chi connectivity index (χ1) is 10.4. The fraction of sp³-hybridized carbons (Fsp3) is 0.600. The van der Waals surface area contributed by atoms with Crippen LogP contribution < -0.4 is 14.9 Å². The molecule has 8 heteroatoms. The normalized spacial score (nSPS) is 21.0. The molecule has 1 saturated heterocycles. The number of nitrogens with zero attached hydrogens (tertiary/aromatic N) is 1. The Morgan fingerprint density at radius 2 is 1.96 bits per heavy atom. The molecule has 1 aromatic rings. The highest BCUT2D eigenvalue weighted by Crippen LogP contribution is 2.21. The molecule has 0 radical (unpaired) electrons. The van der Waals surface area contributed by atoms with Gasteiger partial charge < -0.3 is 15.0 Å². The van der Waals surface area contributed by atoms with Crippen LogP contribution in [0, 0.1) is 0 Å². The topological polar surface area (TPSA) is 70.7 Å². The Balaban J connectivity index is 0.00000264. The summed E-state index contributed by atoms with van der Waals surface area (Å²) in [5.41, 5.74) is 0.665. The molecule has 0 spiro atoms. The molecule has 1 fully saturated rings. The van der Waals surface area contributed by atoms with Crippen molar-refractivity contribution in [3.05, 3.63) is 24.3 Å². The molecule has 23 heavy (non-hydrogen) atoms. The fourth-order valence-corrected chi connectivity index (χ4v) is 3.84. The van der Waals surface area contributed by atoms with Crippen molar-refractivity contribution in [3.8, 4) is 0 Å². The van der Waals surface area contributed by atoms with Crippen molar-refractivity contribution in [1.82, 2.24) is 10.0 Å². The number of methoxy groups -OCH3 is 1. The highest BCUT2D eigenvalue weighted by Gasteiger charge is 2.34. The highest BCUT2D eigenvalue weighted by atomic mass is 35.5. The Hall–Kier alpha value is -0.860. The molecule has 0 saturated carbocycles. The number of hydrogen-bond acceptors (Lipinski definition) is 5. The number of benzene rings is 1. The second kappa shape index (κ2) is 8.30. The largest absolute Gasteiger partial charge is 0.383 e. The van der Waals surface area contributed by atoms with Gasteiger partial charge in [0.1, 0.15) is 0 Å². The average Bonchev–Trinajstić information content (AvgIpc) is 2.95. The van der Waals surface area contributed by atoms with Crippen molar-refractivity contribution in [1.29, 1.82) is 0 Å². The van der Waals surface area contributed by atoms with Crippen molar-refractivity contribution >= 4 is 28.1 Å². The van der Waals surface area contributed by atoms with E-state index in [0.717, 1.165) is 25.1 Å². The zero-order valence-corrected chi connectivity index (χ0v) is 15.5. The molecule has 1 aliphatic heterocycles. The Kier molecular flexibility index (Phi) is 7.29. The van der Waals surface area contributed by atoms with Crippen molar-refractivity contribution in [3.63, 3.8) is 0 Å². The molecule has 0 aliphatic carbocycles. The first kappa shape index (κ1) is 20.2. The third-order valence-electron chi connectivity index (χ3n) is 4.02. The Morgan fingerprint density at radius 1 is 1.30 bits per heavy atom. The third kappa shape index (κ3) is 5.06. The summed E-state index contributed by atoms with van der Waals surface area (Å²) in [6, 6.07) is 6.85. The van der Waals surface area contributed by atoms with Crippen LogP contribution in [-0.4, -0.2) is 54.9 Å². The first-order valence-corrected chi connectivity index (χ1v) is 8.88. The number of halogens is 1. The van der Waals surface area contributed by atoms with Crippen LogP contribution in [-0.2, 0) is 14.8 Å². The Bertz CT molecular complexity index is 584. The lowest BCUT2D eigenvalue weighted by molar-refractivity contribution is 0.122. The monoisotopic (exact) mass is 363 g/mol. The molecule has 6 nitrogen and oxygen atoms in total. The molecular formula is C15H26ClN3O3S. The summed E-state index contributed by atoms with van der Waals surface area (Å²) in [6.07, 6.45) is 1.94. The van der Waals surface area contributed by atoms with E-state index in [1.807, 2.05) is 19.0 Å². The second-order valence-electron chi connectivity index (χ2n) is 5.96. The molecule has 1 unspecified atom stereocenters. The van der Waals surface area contributed by atoms with Gasteiger partial charge in [0.2, 0.25) is 10.0 Å². The quantitative estimate of drug-likeness (QED) is 0.762. The summed E-state index contributed by atoms with van der Waals surface area (Å²) >= 11 is 0. The van der Waals surface area contributed by atoms with Crippen molar-refractivity contribution in [2.24, 2.45) is 0 Å². The highest BCUT2D eigenvalue weighted by molar-refractivity contribution is 7.89. The molecule has 1 aromatic carbocycles. The van der Waals surface area contributed by atoms with Crippen LogP contribution in [0.4, 0.5) is 5.69 Å². The molecule has 2 rings (SSSR count). The minimum Gasteiger partial charge on any atom is -0.383 e. The van der Waals surface area contributed by atoms with E-state index in [2.05, 4.69) is 10.0 Å². The van der Waals surface area contributed by atoms with Gasteiger partial charge in [-0.1, -0.05) is 0 Å². The van der Waals surface area contributed by atoms with Crippen LogP contribution in [0.5, 0.6) is 0 Å². The van der Waals surface area contributed by atoms with Gasteiger partial charge in [-0.25, -0.2) is 13.1 Å². The van der Waals surface area contributed by atoms with Gasteiger partial charge in [0.15, 0.2) is 0 Å². The van der Waals surface area contributed by atoms with Crippen LogP contribution in [0.25, 0.3) is 0 Å². The van der Waals surface area contributed by atoms with Gasteiger partial charge in [0.05, 0.1) is 17.0 Å². The minimum atomic E-state index is -3.51. The van der Waals surface area contributed by atoms with Gasteiger partial charge in [-0.05, 0) is 43.7 Å². The van der Waals surface area contributed by atoms with E-state index in [1.165, 1.54) is 0 Å². The smallest absolute Gasteiger partial charge is 0.240 e. The fourth-order valence-electron chi connectivity index (χ4n) is 2.71. The Morgan fingerprint density at radius 3 is 2.43 bits per heavy atom. The molecule has 0 aromatic heterocycles. The van der Waals surface area contributed by atoms with E-state index in [9.17, 15) is 8.42 Å². The first-order valence-electron chi connectivity index (χ1n) is 7.40. The maximum atomic E-state index is 12.4. The van der Waals surface area contributed by atoms with Crippen LogP contribution >= 0.6 is 12.4 Å².